The summed E-state index contributed by atoms with van der Waals surface area (Å²) in [6, 6.07) is 2.83. The van der Waals surface area contributed by atoms with Crippen LogP contribution in [0.5, 0.6) is 0 Å². The average Bonchev–Trinajstić information content (AvgIpc) is 3.62. The predicted octanol–water partition coefficient (Wildman–Crippen LogP) is 3.21. The highest BCUT2D eigenvalue weighted by Crippen LogP contribution is 2.48. The molecule has 6 aliphatic rings. The summed E-state index contributed by atoms with van der Waals surface area (Å²) in [6.07, 6.45) is 4.58. The molecule has 0 bridgehead atoms. The number of ether oxygens (including phenoxy) is 2. The number of hydrogen-bond donors (Lipinski definition) is 0. The second-order valence-corrected chi connectivity index (χ2v) is 13.3. The van der Waals surface area contributed by atoms with Crippen molar-refractivity contribution in [1.29, 1.82) is 0 Å². The van der Waals surface area contributed by atoms with Crippen molar-refractivity contribution in [3.8, 4) is 0 Å². The van der Waals surface area contributed by atoms with Gasteiger partial charge in [-0.1, -0.05) is 6.58 Å². The van der Waals surface area contributed by atoms with Crippen molar-refractivity contribution in [2.45, 2.75) is 75.3 Å². The maximum Gasteiger partial charge on any atom is 0.280 e. The number of aromatic nitrogens is 3. The number of piperidine rings is 1. The van der Waals surface area contributed by atoms with E-state index in [4.69, 9.17) is 14.6 Å². The molecule has 6 aliphatic heterocycles. The summed E-state index contributed by atoms with van der Waals surface area (Å²) in [5.41, 5.74) is 3.38. The molecule has 0 saturated carbocycles. The molecule has 0 radical (unpaired) electrons. The number of amides is 1. The van der Waals surface area contributed by atoms with Crippen molar-refractivity contribution < 1.29 is 23.0 Å². The van der Waals surface area contributed by atoms with E-state index >= 15 is 0 Å². The number of halogens is 2. The Kier molecular flexibility index (Phi) is 6.95. The molecule has 0 aromatic carbocycles. The quantitative estimate of drug-likeness (QED) is 0.490. The summed E-state index contributed by atoms with van der Waals surface area (Å²) in [7, 11) is 0. The molecule has 44 heavy (non-hydrogen) atoms. The first-order valence-corrected chi connectivity index (χ1v) is 16.2. The summed E-state index contributed by atoms with van der Waals surface area (Å²) >= 11 is 0. The van der Waals surface area contributed by atoms with E-state index in [0.717, 1.165) is 62.3 Å². The molecule has 2 aromatic heterocycles. The second kappa shape index (κ2) is 10.8. The van der Waals surface area contributed by atoms with Crippen LogP contribution < -0.4 is 9.80 Å². The molecular formula is C32H41F2N7O3. The summed E-state index contributed by atoms with van der Waals surface area (Å²) in [5.74, 6) is 0.622. The number of aryl methyl sites for hydroxylation is 1. The largest absolute Gasteiger partial charge is 0.376 e. The maximum absolute atomic E-state index is 14.6. The number of alkyl halides is 2. The van der Waals surface area contributed by atoms with Gasteiger partial charge >= 0.3 is 0 Å². The molecule has 236 valence electrons. The molecule has 0 aliphatic carbocycles. The van der Waals surface area contributed by atoms with Gasteiger partial charge in [-0.15, -0.1) is 0 Å². The van der Waals surface area contributed by atoms with Crippen LogP contribution in [0.3, 0.4) is 0 Å². The highest BCUT2D eigenvalue weighted by molar-refractivity contribution is 5.87. The Hall–Kier alpha value is -3.09. The molecule has 10 nitrogen and oxygen atoms in total. The fourth-order valence-electron chi connectivity index (χ4n) is 8.75. The van der Waals surface area contributed by atoms with Crippen molar-refractivity contribution in [3.63, 3.8) is 0 Å². The van der Waals surface area contributed by atoms with Gasteiger partial charge in [0.2, 0.25) is 5.91 Å². The lowest BCUT2D eigenvalue weighted by atomic mass is 9.83. The summed E-state index contributed by atoms with van der Waals surface area (Å²) < 4.78 is 43.8. The number of piperazine rings is 1. The van der Waals surface area contributed by atoms with E-state index in [1.54, 1.807) is 0 Å². The van der Waals surface area contributed by atoms with Crippen LogP contribution >= 0.6 is 0 Å². The first-order valence-electron chi connectivity index (χ1n) is 16.2. The number of fused-ring (bicyclic) bond motifs is 7. The van der Waals surface area contributed by atoms with Gasteiger partial charge in [0, 0.05) is 75.2 Å². The molecule has 0 N–H and O–H groups in total. The Morgan fingerprint density at radius 2 is 1.91 bits per heavy atom. The van der Waals surface area contributed by atoms with Crippen LogP contribution in [0.2, 0.25) is 0 Å². The van der Waals surface area contributed by atoms with Gasteiger partial charge in [0.15, 0.2) is 0 Å². The van der Waals surface area contributed by atoms with Crippen LogP contribution in [0.15, 0.2) is 24.9 Å². The summed E-state index contributed by atoms with van der Waals surface area (Å²) in [5, 5.41) is 4.71. The number of nitrogens with zero attached hydrogens (tertiary/aromatic N) is 7. The molecule has 4 fully saturated rings. The van der Waals surface area contributed by atoms with E-state index in [-0.39, 0.29) is 29.8 Å². The third kappa shape index (κ3) is 4.39. The third-order valence-electron chi connectivity index (χ3n) is 11.1. The number of anilines is 2. The molecule has 8 heterocycles. The smallest absolute Gasteiger partial charge is 0.280 e. The van der Waals surface area contributed by atoms with E-state index in [0.29, 0.717) is 63.2 Å². The molecule has 1 amide bonds. The Morgan fingerprint density at radius 1 is 1.11 bits per heavy atom. The standard InChI is InChI=1S/C32H41F2N7O3/c1-3-28(42)39-13-11-37(12-14-39)24-17-40-22(24)6-4-5-21-23(40)15-27(36-29(21)31(33)34)38-9-7-32(8-10-38)30-20(2)16-35-41(30)25-18-43-19-26(25)44-32/h3,15-16,22,24-26,31H,1,4-14,17-19H2,2H3/t22?,24-,25+,26+/m1/s1. The zero-order valence-electron chi connectivity index (χ0n) is 25.3. The van der Waals surface area contributed by atoms with Gasteiger partial charge in [-0.05, 0) is 50.7 Å². The topological polar surface area (TPSA) is 79.2 Å². The predicted molar refractivity (Wildman–Crippen MR) is 160 cm³/mol. The maximum atomic E-state index is 14.6. The minimum absolute atomic E-state index is 0.0148. The number of carbonyl (C=O) groups excluding carboxylic acids is 1. The number of rotatable bonds is 4. The Morgan fingerprint density at radius 3 is 2.66 bits per heavy atom. The van der Waals surface area contributed by atoms with Crippen molar-refractivity contribution in [3.05, 3.63) is 47.4 Å². The van der Waals surface area contributed by atoms with Gasteiger partial charge in [0.1, 0.15) is 29.3 Å². The van der Waals surface area contributed by atoms with Crippen molar-refractivity contribution in [2.24, 2.45) is 0 Å². The van der Waals surface area contributed by atoms with Gasteiger partial charge in [-0.2, -0.15) is 5.10 Å². The van der Waals surface area contributed by atoms with Crippen LogP contribution in [0.1, 0.15) is 60.7 Å². The first-order chi connectivity index (χ1) is 21.4. The highest BCUT2D eigenvalue weighted by Gasteiger charge is 2.51. The Labute approximate surface area is 256 Å². The second-order valence-electron chi connectivity index (χ2n) is 13.3. The Bertz CT molecular complexity index is 1450. The van der Waals surface area contributed by atoms with Crippen LogP contribution in [0, 0.1) is 6.92 Å². The van der Waals surface area contributed by atoms with E-state index in [1.165, 1.54) is 6.08 Å². The van der Waals surface area contributed by atoms with Gasteiger partial charge in [-0.25, -0.2) is 13.8 Å². The third-order valence-corrected chi connectivity index (χ3v) is 11.1. The number of pyridine rings is 1. The lowest BCUT2D eigenvalue weighted by Crippen LogP contribution is -2.69. The molecule has 12 heteroatoms. The van der Waals surface area contributed by atoms with Crippen molar-refractivity contribution >= 4 is 17.4 Å². The Balaban J connectivity index is 1.03. The average molecular weight is 610 g/mol. The normalized spacial score (nSPS) is 29.5. The summed E-state index contributed by atoms with van der Waals surface area (Å²) in [4.78, 5) is 25.6. The zero-order chi connectivity index (χ0) is 30.2. The van der Waals surface area contributed by atoms with E-state index in [1.807, 2.05) is 11.1 Å². The molecule has 1 unspecified atom stereocenters. The lowest BCUT2D eigenvalue weighted by Gasteiger charge is -2.55. The van der Waals surface area contributed by atoms with Gasteiger partial charge in [-0.3, -0.25) is 14.4 Å². The van der Waals surface area contributed by atoms with Crippen LogP contribution in [0.4, 0.5) is 20.3 Å². The van der Waals surface area contributed by atoms with Crippen LogP contribution in [-0.2, 0) is 26.3 Å². The SMILES string of the molecule is C=CC(=O)N1CCN([C@@H]2CN3c4cc(N5CCC6(CC5)O[C@H]5COC[C@@H]5n5ncc(C)c56)nc(C(F)F)c4CCCC23)CC1. The van der Waals surface area contributed by atoms with Crippen molar-refractivity contribution in [2.75, 3.05) is 68.8 Å². The highest BCUT2D eigenvalue weighted by atomic mass is 19.3. The summed E-state index contributed by atoms with van der Waals surface area (Å²) in [6.45, 7) is 12.1. The molecule has 1 spiro atoms. The van der Waals surface area contributed by atoms with Crippen LogP contribution in [0.25, 0.3) is 0 Å². The molecule has 4 saturated heterocycles. The monoisotopic (exact) mass is 609 g/mol. The lowest BCUT2D eigenvalue weighted by molar-refractivity contribution is -0.147. The fourth-order valence-corrected chi connectivity index (χ4v) is 8.75. The van der Waals surface area contributed by atoms with E-state index < -0.39 is 12.0 Å². The van der Waals surface area contributed by atoms with Crippen molar-refractivity contribution in [1.82, 2.24) is 24.6 Å². The minimum Gasteiger partial charge on any atom is -0.376 e. The molecular weight excluding hydrogens is 568 g/mol. The number of carbonyl (C=O) groups is 1. The molecule has 4 atom stereocenters. The number of hydrogen-bond acceptors (Lipinski definition) is 8. The minimum atomic E-state index is -2.62. The zero-order valence-corrected chi connectivity index (χ0v) is 25.3. The van der Waals surface area contributed by atoms with Gasteiger partial charge in [0.25, 0.3) is 6.43 Å². The van der Waals surface area contributed by atoms with E-state index in [2.05, 4.69) is 43.9 Å². The fraction of sp³-hybridized carbons (Fsp3) is 0.656. The molecule has 8 rings (SSSR count). The van der Waals surface area contributed by atoms with E-state index in [9.17, 15) is 13.6 Å². The van der Waals surface area contributed by atoms with Crippen LogP contribution in [-0.4, -0.2) is 108 Å². The van der Waals surface area contributed by atoms with Gasteiger partial charge < -0.3 is 24.2 Å². The molecule has 2 aromatic rings. The first kappa shape index (κ1) is 28.4. The van der Waals surface area contributed by atoms with Gasteiger partial charge in [0.05, 0.1) is 25.1 Å².